The van der Waals surface area contributed by atoms with Crippen LogP contribution in [0.5, 0.6) is 5.75 Å². The minimum absolute atomic E-state index is 0.213. The van der Waals surface area contributed by atoms with Crippen LogP contribution in [0.3, 0.4) is 0 Å². The van der Waals surface area contributed by atoms with Crippen molar-refractivity contribution in [1.82, 2.24) is 24.4 Å². The molecule has 1 unspecified atom stereocenters. The first kappa shape index (κ1) is 23.2. The monoisotopic (exact) mass is 488 g/mol. The fourth-order valence-corrected chi connectivity index (χ4v) is 6.06. The molecule has 0 amide bonds. The molecule has 3 aromatic heterocycles. The van der Waals surface area contributed by atoms with Crippen LogP contribution in [0, 0.1) is 5.82 Å². The fourth-order valence-electron chi connectivity index (χ4n) is 6.06. The van der Waals surface area contributed by atoms with Gasteiger partial charge in [-0.15, -0.1) is 0 Å². The second-order valence-electron chi connectivity index (χ2n) is 10.2. The Kier molecular flexibility index (Phi) is 6.01. The maximum atomic E-state index is 14.2. The summed E-state index contributed by atoms with van der Waals surface area (Å²) < 4.78 is 21.4. The summed E-state index contributed by atoms with van der Waals surface area (Å²) >= 11 is 0. The van der Waals surface area contributed by atoms with Crippen molar-refractivity contribution in [3.8, 4) is 16.9 Å². The molecule has 0 spiro atoms. The summed E-state index contributed by atoms with van der Waals surface area (Å²) in [5.41, 5.74) is 4.76. The predicted octanol–water partition coefficient (Wildman–Crippen LogP) is 4.30. The molecule has 7 nitrogen and oxygen atoms in total. The van der Waals surface area contributed by atoms with Gasteiger partial charge in [0.15, 0.2) is 11.6 Å². The van der Waals surface area contributed by atoms with E-state index in [-0.39, 0.29) is 5.75 Å². The predicted molar refractivity (Wildman–Crippen MR) is 141 cm³/mol. The Morgan fingerprint density at radius 1 is 1.03 bits per heavy atom. The summed E-state index contributed by atoms with van der Waals surface area (Å²) in [5, 5.41) is 5.52. The molecule has 4 aromatic rings. The number of hydrogen-bond acceptors (Lipinski definition) is 6. The van der Waals surface area contributed by atoms with Gasteiger partial charge < -0.3 is 14.5 Å². The molecule has 2 aliphatic heterocycles. The van der Waals surface area contributed by atoms with E-state index in [0.29, 0.717) is 17.6 Å². The number of anilines is 1. The first-order valence-electron chi connectivity index (χ1n) is 12.8. The Labute approximate surface area is 211 Å². The quantitative estimate of drug-likeness (QED) is 0.427. The lowest BCUT2D eigenvalue weighted by molar-refractivity contribution is 0.0511. The molecule has 1 aromatic carbocycles. The topological polar surface area (TPSA) is 49.1 Å². The number of fused-ring (bicyclic) bond motifs is 2. The molecule has 188 valence electrons. The second kappa shape index (κ2) is 9.33. The van der Waals surface area contributed by atoms with E-state index >= 15 is 0 Å². The van der Waals surface area contributed by atoms with Gasteiger partial charge in [-0.1, -0.05) is 0 Å². The standard InChI is InChI=1S/C28H33FN6O/c1-19-17-32(2)12-13-34(19)20-7-10-33(11-8-20)21-4-5-27-24(16-31-35(27)18-21)22-6-9-30-26-15-25(29)28(36-3)14-23(22)26/h4-6,9,14-16,18-20H,7-8,10-13,17H2,1-3H3. The smallest absolute Gasteiger partial charge is 0.167 e. The number of pyridine rings is 2. The SMILES string of the molecule is COc1cc2c(-c3cnn4cc(N5CCC(N6CCN(C)CC6C)CC5)ccc34)ccnc2cc1F. The van der Waals surface area contributed by atoms with Crippen molar-refractivity contribution in [2.24, 2.45) is 0 Å². The van der Waals surface area contributed by atoms with Crippen LogP contribution in [0.4, 0.5) is 10.1 Å². The molecule has 1 atom stereocenters. The minimum Gasteiger partial charge on any atom is -0.494 e. The van der Waals surface area contributed by atoms with Crippen molar-refractivity contribution in [2.45, 2.75) is 31.8 Å². The summed E-state index contributed by atoms with van der Waals surface area (Å²) in [6, 6.07) is 10.7. The number of ether oxygens (including phenoxy) is 1. The van der Waals surface area contributed by atoms with E-state index in [1.165, 1.54) is 38.2 Å². The van der Waals surface area contributed by atoms with Gasteiger partial charge in [-0.3, -0.25) is 9.88 Å². The molecule has 0 radical (unpaired) electrons. The van der Waals surface area contributed by atoms with Gasteiger partial charge in [0.25, 0.3) is 0 Å². The lowest BCUT2D eigenvalue weighted by Crippen LogP contribution is -2.56. The highest BCUT2D eigenvalue weighted by molar-refractivity contribution is 5.99. The third kappa shape index (κ3) is 4.08. The van der Waals surface area contributed by atoms with Crippen LogP contribution in [0.2, 0.25) is 0 Å². The van der Waals surface area contributed by atoms with E-state index in [1.54, 1.807) is 12.3 Å². The van der Waals surface area contributed by atoms with Gasteiger partial charge in [-0.05, 0) is 56.6 Å². The van der Waals surface area contributed by atoms with Crippen LogP contribution in [0.25, 0.3) is 27.5 Å². The largest absolute Gasteiger partial charge is 0.494 e. The first-order valence-corrected chi connectivity index (χ1v) is 12.8. The highest BCUT2D eigenvalue weighted by atomic mass is 19.1. The Hall–Kier alpha value is -3.23. The van der Waals surface area contributed by atoms with Gasteiger partial charge in [-0.2, -0.15) is 5.10 Å². The molecule has 2 fully saturated rings. The van der Waals surface area contributed by atoms with Crippen molar-refractivity contribution < 1.29 is 9.13 Å². The van der Waals surface area contributed by atoms with Gasteiger partial charge in [0.1, 0.15) is 0 Å². The molecule has 0 saturated carbocycles. The third-order valence-corrected chi connectivity index (χ3v) is 7.99. The van der Waals surface area contributed by atoms with E-state index in [1.807, 2.05) is 16.8 Å². The Morgan fingerprint density at radius 3 is 2.64 bits per heavy atom. The van der Waals surface area contributed by atoms with E-state index in [9.17, 15) is 4.39 Å². The molecule has 5 heterocycles. The Morgan fingerprint density at radius 2 is 1.86 bits per heavy atom. The van der Waals surface area contributed by atoms with E-state index in [2.05, 4.69) is 57.1 Å². The Balaban J connectivity index is 1.24. The summed E-state index contributed by atoms with van der Waals surface area (Å²) in [6.45, 7) is 7.98. The van der Waals surface area contributed by atoms with Crippen molar-refractivity contribution >= 4 is 22.1 Å². The number of nitrogens with zero attached hydrogens (tertiary/aromatic N) is 6. The van der Waals surface area contributed by atoms with E-state index in [0.717, 1.165) is 48.2 Å². The summed E-state index contributed by atoms with van der Waals surface area (Å²) in [5.74, 6) is -0.199. The van der Waals surface area contributed by atoms with Crippen LogP contribution >= 0.6 is 0 Å². The normalized spacial score (nSPS) is 20.4. The van der Waals surface area contributed by atoms with Crippen LogP contribution in [0.1, 0.15) is 19.8 Å². The molecule has 2 aliphatic rings. The molecule has 8 heteroatoms. The average molecular weight is 489 g/mol. The summed E-state index contributed by atoms with van der Waals surface area (Å²) in [6.07, 6.45) is 8.11. The maximum Gasteiger partial charge on any atom is 0.167 e. The molecule has 2 saturated heterocycles. The van der Waals surface area contributed by atoms with E-state index in [4.69, 9.17) is 4.74 Å². The molecule has 0 bridgehead atoms. The number of piperidine rings is 1. The minimum atomic E-state index is -0.412. The molecule has 0 aliphatic carbocycles. The van der Waals surface area contributed by atoms with Crippen LogP contribution in [-0.2, 0) is 0 Å². The highest BCUT2D eigenvalue weighted by Gasteiger charge is 2.30. The maximum absolute atomic E-state index is 14.2. The van der Waals surface area contributed by atoms with Crippen molar-refractivity contribution in [3.05, 3.63) is 54.7 Å². The fraction of sp³-hybridized carbons (Fsp3) is 0.429. The van der Waals surface area contributed by atoms with Gasteiger partial charge in [-0.25, -0.2) is 8.91 Å². The molecule has 0 N–H and O–H groups in total. The van der Waals surface area contributed by atoms with Gasteiger partial charge >= 0.3 is 0 Å². The number of likely N-dealkylation sites (N-methyl/N-ethyl adjacent to an activating group) is 1. The van der Waals surface area contributed by atoms with Crippen molar-refractivity contribution in [3.63, 3.8) is 0 Å². The molecule has 6 rings (SSSR count). The van der Waals surface area contributed by atoms with E-state index < -0.39 is 5.82 Å². The number of hydrogen-bond donors (Lipinski definition) is 0. The molecular formula is C28H33FN6O. The zero-order chi connectivity index (χ0) is 24.8. The number of methoxy groups -OCH3 is 1. The zero-order valence-electron chi connectivity index (χ0n) is 21.2. The van der Waals surface area contributed by atoms with Gasteiger partial charge in [0.05, 0.1) is 36.2 Å². The lowest BCUT2D eigenvalue weighted by atomic mass is 9.99. The van der Waals surface area contributed by atoms with Gasteiger partial charge in [0.2, 0.25) is 0 Å². The molecular weight excluding hydrogens is 455 g/mol. The van der Waals surface area contributed by atoms with Crippen molar-refractivity contribution in [2.75, 3.05) is 51.8 Å². The van der Waals surface area contributed by atoms with Crippen LogP contribution in [-0.4, -0.2) is 83.4 Å². The van der Waals surface area contributed by atoms with Crippen LogP contribution in [0.15, 0.2) is 48.9 Å². The van der Waals surface area contributed by atoms with Gasteiger partial charge in [0, 0.05) is 68.0 Å². The number of aromatic nitrogens is 3. The second-order valence-corrected chi connectivity index (χ2v) is 10.2. The number of halogens is 1. The lowest BCUT2D eigenvalue weighted by Gasteiger charge is -2.46. The van der Waals surface area contributed by atoms with Crippen molar-refractivity contribution in [1.29, 1.82) is 0 Å². The third-order valence-electron chi connectivity index (χ3n) is 7.99. The average Bonchev–Trinajstić information content (AvgIpc) is 3.31. The zero-order valence-corrected chi connectivity index (χ0v) is 21.2. The summed E-state index contributed by atoms with van der Waals surface area (Å²) in [4.78, 5) is 12.0. The summed E-state index contributed by atoms with van der Waals surface area (Å²) in [7, 11) is 3.70. The number of rotatable bonds is 4. The van der Waals surface area contributed by atoms with Crippen LogP contribution < -0.4 is 9.64 Å². The molecule has 36 heavy (non-hydrogen) atoms. The Bertz CT molecular complexity index is 1400. The highest BCUT2D eigenvalue weighted by Crippen LogP contribution is 2.35. The first-order chi connectivity index (χ1) is 17.5. The number of benzene rings is 1. The number of piperazine rings is 1.